The molecule has 1 amide bonds. The lowest BCUT2D eigenvalue weighted by Gasteiger charge is -2.27. The van der Waals surface area contributed by atoms with Gasteiger partial charge in [-0.2, -0.15) is 0 Å². The first-order chi connectivity index (χ1) is 15.1. The van der Waals surface area contributed by atoms with Crippen molar-refractivity contribution < 1.29 is 14.3 Å². The number of nitrogens with zero attached hydrogens (tertiary/aromatic N) is 2. The molecule has 7 heteroatoms. The Kier molecular flexibility index (Phi) is 6.61. The number of hydrogen-bond donors (Lipinski definition) is 1. The Morgan fingerprint density at radius 1 is 1.00 bits per heavy atom. The number of carbonyl (C=O) groups is 1. The van der Waals surface area contributed by atoms with Gasteiger partial charge in [-0.25, -0.2) is 4.99 Å². The van der Waals surface area contributed by atoms with Crippen LogP contribution in [0.5, 0.6) is 11.5 Å². The first-order valence-corrected chi connectivity index (χ1v) is 11.5. The smallest absolute Gasteiger partial charge is 0.234 e. The molecule has 0 bridgehead atoms. The van der Waals surface area contributed by atoms with E-state index in [-0.39, 0.29) is 17.3 Å². The van der Waals surface area contributed by atoms with Crippen LogP contribution in [-0.2, 0) is 4.79 Å². The van der Waals surface area contributed by atoms with Crippen LogP contribution in [-0.4, -0.2) is 42.3 Å². The largest absolute Gasteiger partial charge is 0.493 e. The number of thioether (sulfide) groups is 1. The maximum Gasteiger partial charge on any atom is 0.234 e. The van der Waals surface area contributed by atoms with E-state index in [1.54, 1.807) is 32.4 Å². The molecule has 1 saturated carbocycles. The fourth-order valence-electron chi connectivity index (χ4n) is 3.99. The Morgan fingerprint density at radius 2 is 1.74 bits per heavy atom. The van der Waals surface area contributed by atoms with Gasteiger partial charge in [0.15, 0.2) is 17.2 Å². The highest BCUT2D eigenvalue weighted by Crippen LogP contribution is 2.38. The summed E-state index contributed by atoms with van der Waals surface area (Å²) < 4.78 is 10.6. The molecule has 0 radical (unpaired) electrons. The number of nitrogens with one attached hydrogen (secondary N) is 1. The average Bonchev–Trinajstić information content (AvgIpc) is 3.16. The van der Waals surface area contributed by atoms with Crippen LogP contribution in [0.4, 0.5) is 5.69 Å². The van der Waals surface area contributed by atoms with E-state index in [1.165, 1.54) is 18.2 Å². The summed E-state index contributed by atoms with van der Waals surface area (Å²) in [5.74, 6) is 1.36. The van der Waals surface area contributed by atoms with Crippen LogP contribution in [0.15, 0.2) is 58.5 Å². The molecule has 1 heterocycles. The molecule has 4 rings (SSSR count). The monoisotopic (exact) mass is 437 g/mol. The summed E-state index contributed by atoms with van der Waals surface area (Å²) in [4.78, 5) is 22.7. The number of aliphatic imine (C=N–C) groups is 2. The van der Waals surface area contributed by atoms with Crippen molar-refractivity contribution in [1.82, 2.24) is 0 Å². The van der Waals surface area contributed by atoms with E-state index >= 15 is 0 Å². The van der Waals surface area contributed by atoms with Gasteiger partial charge in [0.2, 0.25) is 5.91 Å². The van der Waals surface area contributed by atoms with Gasteiger partial charge in [-0.15, -0.1) is 0 Å². The second-order valence-electron chi connectivity index (χ2n) is 7.69. The summed E-state index contributed by atoms with van der Waals surface area (Å²) in [6.45, 7) is 0. The number of ether oxygens (including phenoxy) is 2. The first kappa shape index (κ1) is 21.4. The predicted octanol–water partition coefficient (Wildman–Crippen LogP) is 4.94. The predicted molar refractivity (Wildman–Crippen MR) is 127 cm³/mol. The number of hydrogen-bond acceptors (Lipinski definition) is 6. The van der Waals surface area contributed by atoms with Gasteiger partial charge in [0.25, 0.3) is 0 Å². The normalized spacial score (nSPS) is 17.1. The van der Waals surface area contributed by atoms with Crippen molar-refractivity contribution in [2.45, 2.75) is 37.8 Å². The number of amides is 1. The molecule has 1 aliphatic heterocycles. The van der Waals surface area contributed by atoms with Gasteiger partial charge in [-0.1, -0.05) is 48.5 Å². The maximum atomic E-state index is 12.6. The fourth-order valence-corrected chi connectivity index (χ4v) is 4.87. The minimum absolute atomic E-state index is 0.100. The number of rotatable bonds is 6. The highest BCUT2D eigenvalue weighted by atomic mass is 32.2. The summed E-state index contributed by atoms with van der Waals surface area (Å²) >= 11 is 1.45. The van der Waals surface area contributed by atoms with E-state index in [4.69, 9.17) is 19.5 Å². The zero-order chi connectivity index (χ0) is 21.7. The number of carbonyl (C=O) groups excluding carboxylic acids is 1. The molecule has 1 spiro atoms. The molecule has 6 nitrogen and oxygen atoms in total. The second-order valence-corrected chi connectivity index (χ2v) is 8.66. The van der Waals surface area contributed by atoms with E-state index in [9.17, 15) is 4.79 Å². The van der Waals surface area contributed by atoms with E-state index in [0.717, 1.165) is 42.0 Å². The molecule has 162 valence electrons. The van der Waals surface area contributed by atoms with Gasteiger partial charge in [0.1, 0.15) is 5.04 Å². The number of anilines is 1. The van der Waals surface area contributed by atoms with Crippen LogP contribution in [0.2, 0.25) is 0 Å². The van der Waals surface area contributed by atoms with Gasteiger partial charge in [-0.3, -0.25) is 9.79 Å². The molecule has 0 unspecified atom stereocenters. The Balaban J connectivity index is 1.46. The third-order valence-corrected chi connectivity index (χ3v) is 6.51. The van der Waals surface area contributed by atoms with Crippen molar-refractivity contribution in [2.24, 2.45) is 9.98 Å². The van der Waals surface area contributed by atoms with Gasteiger partial charge >= 0.3 is 0 Å². The molecular weight excluding hydrogens is 410 g/mol. The molecule has 1 aliphatic carbocycles. The van der Waals surface area contributed by atoms with Crippen LogP contribution in [0.1, 0.15) is 37.7 Å². The molecule has 2 aromatic rings. The SMILES string of the molecule is COc1ccc(NC(=O)CSC2=NC3(CCCCC3)N=C2c2ccccc2)cc1OC. The third-order valence-electron chi connectivity index (χ3n) is 5.54. The summed E-state index contributed by atoms with van der Waals surface area (Å²) in [6, 6.07) is 15.4. The molecule has 0 atom stereocenters. The standard InChI is InChI=1S/C24H27N3O3S/c1-29-19-12-11-18(15-20(19)30-2)25-21(28)16-31-23-22(17-9-5-3-6-10-17)26-24(27-23)13-7-4-8-14-24/h3,5-6,9-12,15H,4,7-8,13-14,16H2,1-2H3,(H,25,28). The minimum Gasteiger partial charge on any atom is -0.493 e. The van der Waals surface area contributed by atoms with Crippen LogP contribution >= 0.6 is 11.8 Å². The molecule has 0 saturated heterocycles. The van der Waals surface area contributed by atoms with Crippen molar-refractivity contribution in [3.63, 3.8) is 0 Å². The lowest BCUT2D eigenvalue weighted by atomic mass is 9.90. The summed E-state index contributed by atoms with van der Waals surface area (Å²) in [6.07, 6.45) is 5.49. The van der Waals surface area contributed by atoms with Crippen molar-refractivity contribution in [3.05, 3.63) is 54.1 Å². The van der Waals surface area contributed by atoms with E-state index in [0.29, 0.717) is 17.2 Å². The minimum atomic E-state index is -0.342. The zero-order valence-electron chi connectivity index (χ0n) is 17.9. The maximum absolute atomic E-state index is 12.6. The van der Waals surface area contributed by atoms with Crippen LogP contribution in [0.3, 0.4) is 0 Å². The molecule has 1 N–H and O–H groups in total. The van der Waals surface area contributed by atoms with E-state index in [1.807, 2.05) is 18.2 Å². The lowest BCUT2D eigenvalue weighted by Crippen LogP contribution is -2.25. The summed E-state index contributed by atoms with van der Waals surface area (Å²) in [5, 5.41) is 3.78. The fraction of sp³-hybridized carbons (Fsp3) is 0.375. The van der Waals surface area contributed by atoms with E-state index in [2.05, 4.69) is 17.4 Å². The number of benzene rings is 2. The summed E-state index contributed by atoms with van der Waals surface area (Å²) in [5.41, 5.74) is 2.28. The van der Waals surface area contributed by atoms with Crippen molar-refractivity contribution in [1.29, 1.82) is 0 Å². The Morgan fingerprint density at radius 3 is 2.45 bits per heavy atom. The van der Waals surface area contributed by atoms with Crippen molar-refractivity contribution >= 4 is 34.1 Å². The molecule has 1 fully saturated rings. The number of methoxy groups -OCH3 is 2. The van der Waals surface area contributed by atoms with Gasteiger partial charge in [0.05, 0.1) is 25.7 Å². The Bertz CT molecular complexity index is 998. The average molecular weight is 438 g/mol. The second kappa shape index (κ2) is 9.56. The Labute approximate surface area is 187 Å². The van der Waals surface area contributed by atoms with Gasteiger partial charge in [0, 0.05) is 17.3 Å². The van der Waals surface area contributed by atoms with Crippen LogP contribution in [0.25, 0.3) is 0 Å². The third kappa shape index (κ3) is 4.93. The highest BCUT2D eigenvalue weighted by Gasteiger charge is 2.37. The Hall–Kier alpha value is -2.80. The quantitative estimate of drug-likeness (QED) is 0.695. The molecular formula is C24H27N3O3S. The van der Waals surface area contributed by atoms with Crippen LogP contribution < -0.4 is 14.8 Å². The van der Waals surface area contributed by atoms with Gasteiger partial charge < -0.3 is 14.8 Å². The molecule has 2 aliphatic rings. The molecule has 2 aromatic carbocycles. The summed E-state index contributed by atoms with van der Waals surface area (Å²) in [7, 11) is 3.16. The highest BCUT2D eigenvalue weighted by molar-refractivity contribution is 8.16. The lowest BCUT2D eigenvalue weighted by molar-refractivity contribution is -0.113. The van der Waals surface area contributed by atoms with Crippen molar-refractivity contribution in [3.8, 4) is 11.5 Å². The van der Waals surface area contributed by atoms with Gasteiger partial charge in [-0.05, 0) is 37.8 Å². The zero-order valence-corrected chi connectivity index (χ0v) is 18.7. The van der Waals surface area contributed by atoms with Crippen LogP contribution in [0, 0.1) is 0 Å². The molecule has 0 aromatic heterocycles. The first-order valence-electron chi connectivity index (χ1n) is 10.5. The molecule has 31 heavy (non-hydrogen) atoms. The topological polar surface area (TPSA) is 72.3 Å². The van der Waals surface area contributed by atoms with Crippen molar-refractivity contribution in [2.75, 3.05) is 25.3 Å². The van der Waals surface area contributed by atoms with E-state index < -0.39 is 0 Å².